The number of rotatable bonds is 5. The average molecular weight is 315 g/mol. The molecule has 0 aromatic heterocycles. The number of benzene rings is 1. The summed E-state index contributed by atoms with van der Waals surface area (Å²) in [6, 6.07) is 8.40. The molecule has 0 radical (unpaired) electrons. The van der Waals surface area contributed by atoms with Gasteiger partial charge in [-0.2, -0.15) is 16.1 Å². The van der Waals surface area contributed by atoms with E-state index in [1.807, 2.05) is 30.3 Å². The molecule has 1 saturated heterocycles. The highest BCUT2D eigenvalue weighted by Crippen LogP contribution is 2.21. The third-order valence-electron chi connectivity index (χ3n) is 3.21. The third kappa shape index (κ3) is 3.74. The predicted molar refractivity (Wildman–Crippen MR) is 79.4 cm³/mol. The summed E-state index contributed by atoms with van der Waals surface area (Å²) in [7, 11) is -3.54. The monoisotopic (exact) mass is 315 g/mol. The fourth-order valence-corrected chi connectivity index (χ4v) is 5.02. The highest BCUT2D eigenvalue weighted by molar-refractivity contribution is 7.99. The van der Waals surface area contributed by atoms with Crippen molar-refractivity contribution in [2.24, 2.45) is 0 Å². The molecule has 0 bridgehead atoms. The van der Waals surface area contributed by atoms with Crippen molar-refractivity contribution in [2.75, 3.05) is 23.8 Å². The van der Waals surface area contributed by atoms with Crippen LogP contribution in [0.2, 0.25) is 0 Å². The van der Waals surface area contributed by atoms with Crippen molar-refractivity contribution in [3.05, 3.63) is 35.9 Å². The highest BCUT2D eigenvalue weighted by Gasteiger charge is 2.36. The minimum atomic E-state index is -3.54. The van der Waals surface area contributed by atoms with Gasteiger partial charge in [0.1, 0.15) is 6.04 Å². The Hall–Kier alpha value is -1.05. The summed E-state index contributed by atoms with van der Waals surface area (Å²) >= 11 is 1.48. The highest BCUT2D eigenvalue weighted by atomic mass is 32.2. The summed E-state index contributed by atoms with van der Waals surface area (Å²) in [5.41, 5.74) is 0.939. The normalized spacial score (nSPS) is 20.7. The van der Waals surface area contributed by atoms with Crippen LogP contribution in [0.4, 0.5) is 0 Å². The zero-order valence-corrected chi connectivity index (χ0v) is 12.6. The van der Waals surface area contributed by atoms with Gasteiger partial charge in [0.05, 0.1) is 5.75 Å². The lowest BCUT2D eigenvalue weighted by Crippen LogP contribution is -2.51. The van der Waals surface area contributed by atoms with E-state index < -0.39 is 22.0 Å². The minimum Gasteiger partial charge on any atom is -0.480 e. The van der Waals surface area contributed by atoms with Gasteiger partial charge in [0.15, 0.2) is 0 Å². The summed E-state index contributed by atoms with van der Waals surface area (Å²) in [4.78, 5) is 11.2. The van der Waals surface area contributed by atoms with Crippen LogP contribution in [0.1, 0.15) is 5.56 Å². The van der Waals surface area contributed by atoms with Crippen LogP contribution in [-0.2, 0) is 21.2 Å². The van der Waals surface area contributed by atoms with Crippen LogP contribution < -0.4 is 0 Å². The molecule has 1 atom stereocenters. The number of aryl methyl sites for hydroxylation is 1. The molecular weight excluding hydrogens is 298 g/mol. The standard InChI is InChI=1S/C13H17NO4S2/c15-13(16)12-10-19-8-7-14(12)20(17,18)9-6-11-4-2-1-3-5-11/h1-5,12H,6-10H2,(H,15,16). The lowest BCUT2D eigenvalue weighted by molar-refractivity contribution is -0.140. The number of hydrogen-bond donors (Lipinski definition) is 1. The molecule has 0 amide bonds. The smallest absolute Gasteiger partial charge is 0.322 e. The van der Waals surface area contributed by atoms with E-state index in [-0.39, 0.29) is 12.3 Å². The number of thioether (sulfide) groups is 1. The predicted octanol–water partition coefficient (Wildman–Crippen LogP) is 1.06. The molecule has 1 aromatic rings. The van der Waals surface area contributed by atoms with Crippen LogP contribution >= 0.6 is 11.8 Å². The van der Waals surface area contributed by atoms with Crippen LogP contribution in [0.25, 0.3) is 0 Å². The van der Waals surface area contributed by atoms with Crippen LogP contribution in [0.5, 0.6) is 0 Å². The molecule has 1 N–H and O–H groups in total. The van der Waals surface area contributed by atoms with Gasteiger partial charge in [0.2, 0.25) is 10.0 Å². The molecule has 1 aliphatic heterocycles. The molecule has 1 aliphatic rings. The quantitative estimate of drug-likeness (QED) is 0.879. The van der Waals surface area contributed by atoms with Gasteiger partial charge in [0.25, 0.3) is 0 Å². The molecule has 5 nitrogen and oxygen atoms in total. The molecule has 0 saturated carbocycles. The molecule has 1 unspecified atom stereocenters. The Morgan fingerprint density at radius 2 is 2.05 bits per heavy atom. The van der Waals surface area contributed by atoms with E-state index in [0.717, 1.165) is 9.87 Å². The Bertz CT molecular complexity index is 559. The van der Waals surface area contributed by atoms with Crippen molar-refractivity contribution >= 4 is 27.8 Å². The minimum absolute atomic E-state index is 0.0501. The zero-order valence-electron chi connectivity index (χ0n) is 10.9. The number of carboxylic acids is 1. The number of carbonyl (C=O) groups is 1. The summed E-state index contributed by atoms with van der Waals surface area (Å²) < 4.78 is 25.8. The van der Waals surface area contributed by atoms with E-state index >= 15 is 0 Å². The van der Waals surface area contributed by atoms with Crippen molar-refractivity contribution < 1.29 is 18.3 Å². The number of carboxylic acid groups (broad SMARTS) is 1. The number of hydrogen-bond acceptors (Lipinski definition) is 4. The molecule has 1 heterocycles. The second kappa shape index (κ2) is 6.60. The maximum absolute atomic E-state index is 12.3. The number of aliphatic carboxylic acids is 1. The van der Waals surface area contributed by atoms with Gasteiger partial charge in [-0.05, 0) is 12.0 Å². The summed E-state index contributed by atoms with van der Waals surface area (Å²) in [5.74, 6) is -0.153. The lowest BCUT2D eigenvalue weighted by atomic mass is 10.2. The third-order valence-corrected chi connectivity index (χ3v) is 6.11. The Morgan fingerprint density at radius 1 is 1.35 bits per heavy atom. The molecule has 0 aliphatic carbocycles. The fourth-order valence-electron chi connectivity index (χ4n) is 2.12. The maximum Gasteiger partial charge on any atom is 0.322 e. The molecule has 20 heavy (non-hydrogen) atoms. The van der Waals surface area contributed by atoms with E-state index in [4.69, 9.17) is 5.11 Å². The fraction of sp³-hybridized carbons (Fsp3) is 0.462. The van der Waals surface area contributed by atoms with Crippen LogP contribution in [-0.4, -0.2) is 53.6 Å². The largest absolute Gasteiger partial charge is 0.480 e. The first-order valence-corrected chi connectivity index (χ1v) is 9.11. The molecule has 2 rings (SSSR count). The van der Waals surface area contributed by atoms with Gasteiger partial charge in [-0.1, -0.05) is 30.3 Å². The summed E-state index contributed by atoms with van der Waals surface area (Å²) in [6.45, 7) is 0.277. The van der Waals surface area contributed by atoms with Gasteiger partial charge >= 0.3 is 5.97 Å². The van der Waals surface area contributed by atoms with Crippen molar-refractivity contribution in [3.63, 3.8) is 0 Å². The van der Waals surface area contributed by atoms with Crippen LogP contribution in [0.15, 0.2) is 30.3 Å². The molecule has 0 spiro atoms. The van der Waals surface area contributed by atoms with Crippen molar-refractivity contribution in [2.45, 2.75) is 12.5 Å². The van der Waals surface area contributed by atoms with E-state index in [1.54, 1.807) is 0 Å². The van der Waals surface area contributed by atoms with E-state index in [0.29, 0.717) is 17.9 Å². The number of nitrogens with zero attached hydrogens (tertiary/aromatic N) is 1. The van der Waals surface area contributed by atoms with Gasteiger partial charge < -0.3 is 5.11 Å². The number of sulfonamides is 1. The maximum atomic E-state index is 12.3. The molecule has 7 heteroatoms. The second-order valence-corrected chi connectivity index (χ2v) is 7.78. The topological polar surface area (TPSA) is 74.7 Å². The Morgan fingerprint density at radius 3 is 2.70 bits per heavy atom. The van der Waals surface area contributed by atoms with Crippen LogP contribution in [0.3, 0.4) is 0 Å². The molecule has 110 valence electrons. The zero-order chi connectivity index (χ0) is 14.6. The van der Waals surface area contributed by atoms with Crippen molar-refractivity contribution in [1.29, 1.82) is 0 Å². The molecule has 1 fully saturated rings. The first-order valence-electron chi connectivity index (χ1n) is 6.35. The van der Waals surface area contributed by atoms with Gasteiger partial charge in [-0.15, -0.1) is 0 Å². The van der Waals surface area contributed by atoms with Crippen LogP contribution in [0, 0.1) is 0 Å². The lowest BCUT2D eigenvalue weighted by Gasteiger charge is -2.31. The summed E-state index contributed by atoms with van der Waals surface area (Å²) in [5, 5.41) is 9.14. The Labute approximate surface area is 123 Å². The SMILES string of the molecule is O=C(O)C1CSCCN1S(=O)(=O)CCc1ccccc1. The van der Waals surface area contributed by atoms with E-state index in [2.05, 4.69) is 0 Å². The van der Waals surface area contributed by atoms with E-state index in [1.165, 1.54) is 11.8 Å². The summed E-state index contributed by atoms with van der Waals surface area (Å²) in [6.07, 6.45) is 0.402. The first-order chi connectivity index (χ1) is 9.50. The molecule has 1 aromatic carbocycles. The second-order valence-electron chi connectivity index (χ2n) is 4.59. The van der Waals surface area contributed by atoms with E-state index in [9.17, 15) is 13.2 Å². The van der Waals surface area contributed by atoms with Crippen molar-refractivity contribution in [3.8, 4) is 0 Å². The average Bonchev–Trinajstić information content (AvgIpc) is 2.46. The van der Waals surface area contributed by atoms with Gasteiger partial charge in [-0.25, -0.2) is 8.42 Å². The van der Waals surface area contributed by atoms with Crippen molar-refractivity contribution in [1.82, 2.24) is 4.31 Å². The Kier molecular flexibility index (Phi) is 5.06. The molecular formula is C13H17NO4S2. The first kappa shape index (κ1) is 15.3. The van der Waals surface area contributed by atoms with Gasteiger partial charge in [-0.3, -0.25) is 4.79 Å². The van der Waals surface area contributed by atoms with Gasteiger partial charge in [0, 0.05) is 18.1 Å². The Balaban J connectivity index is 2.06.